The number of carbonyl (C=O) groups is 3. The normalized spacial score (nSPS) is 10.6. The highest BCUT2D eigenvalue weighted by atomic mass is 32.1. The molecule has 0 bridgehead atoms. The van der Waals surface area contributed by atoms with Crippen molar-refractivity contribution in [2.75, 3.05) is 18.6 Å². The van der Waals surface area contributed by atoms with Crippen molar-refractivity contribution in [3.63, 3.8) is 0 Å². The molecule has 0 aliphatic rings. The van der Waals surface area contributed by atoms with E-state index in [4.69, 9.17) is 4.74 Å². The molecule has 0 aliphatic carbocycles. The first-order chi connectivity index (χ1) is 15.0. The van der Waals surface area contributed by atoms with Crippen molar-refractivity contribution in [3.05, 3.63) is 100 Å². The quantitative estimate of drug-likeness (QED) is 0.311. The zero-order valence-corrected chi connectivity index (χ0v) is 17.6. The summed E-state index contributed by atoms with van der Waals surface area (Å²) in [7, 11) is 1.61. The van der Waals surface area contributed by atoms with Crippen LogP contribution >= 0.6 is 11.3 Å². The van der Waals surface area contributed by atoms with Gasteiger partial charge in [-0.15, -0.1) is 11.3 Å². The summed E-state index contributed by atoms with van der Waals surface area (Å²) in [5.41, 5.74) is 1.12. The lowest BCUT2D eigenvalue weighted by atomic mass is 10.0. The zero-order valence-electron chi connectivity index (χ0n) is 16.8. The number of hydrogen-bond acceptors (Lipinski definition) is 5. The number of hydrogen-bond donors (Lipinski definition) is 0. The first-order valence-electron chi connectivity index (χ1n) is 9.64. The minimum absolute atomic E-state index is 0.220. The van der Waals surface area contributed by atoms with Crippen LogP contribution in [0.3, 0.4) is 0 Å². The lowest BCUT2D eigenvalue weighted by Gasteiger charge is -2.19. The van der Waals surface area contributed by atoms with Gasteiger partial charge in [-0.2, -0.15) is 0 Å². The van der Waals surface area contributed by atoms with E-state index in [9.17, 15) is 14.4 Å². The lowest BCUT2D eigenvalue weighted by Crippen LogP contribution is -2.27. The highest BCUT2D eigenvalue weighted by Crippen LogP contribution is 2.23. The third kappa shape index (κ3) is 4.39. The average molecular weight is 429 g/mol. The van der Waals surface area contributed by atoms with Crippen LogP contribution in [-0.4, -0.2) is 31.3 Å². The van der Waals surface area contributed by atoms with Gasteiger partial charge < -0.3 is 9.64 Å². The number of carbonyl (C=O) groups excluding carboxylic acids is 3. The first kappa shape index (κ1) is 20.5. The molecule has 0 atom stereocenters. The molecule has 3 aromatic carbocycles. The van der Waals surface area contributed by atoms with Gasteiger partial charge in [0, 0.05) is 12.6 Å². The fraction of sp³-hybridized carbons (Fsp3) is 0.0800. The van der Waals surface area contributed by atoms with Crippen LogP contribution in [0.15, 0.2) is 84.2 Å². The largest absolute Gasteiger partial charge is 0.454 e. The van der Waals surface area contributed by atoms with Crippen LogP contribution in [0.2, 0.25) is 0 Å². The first-order valence-corrected chi connectivity index (χ1v) is 10.5. The van der Waals surface area contributed by atoms with Gasteiger partial charge in [-0.25, -0.2) is 4.79 Å². The minimum atomic E-state index is -0.657. The van der Waals surface area contributed by atoms with E-state index in [2.05, 4.69) is 0 Å². The molecule has 0 aliphatic heterocycles. The number of para-hydroxylation sites is 1. The van der Waals surface area contributed by atoms with E-state index in [1.54, 1.807) is 55.6 Å². The van der Waals surface area contributed by atoms with Gasteiger partial charge in [0.05, 0.1) is 16.1 Å². The highest BCUT2D eigenvalue weighted by Gasteiger charge is 2.21. The Bertz CT molecular complexity index is 1260. The summed E-state index contributed by atoms with van der Waals surface area (Å²) in [6.07, 6.45) is 0. The van der Waals surface area contributed by atoms with Crippen LogP contribution < -0.4 is 4.90 Å². The number of ether oxygens (including phenoxy) is 1. The van der Waals surface area contributed by atoms with Crippen LogP contribution in [-0.2, 0) is 4.74 Å². The molecular weight excluding hydrogens is 410 g/mol. The van der Waals surface area contributed by atoms with Crippen molar-refractivity contribution < 1.29 is 19.1 Å². The number of thiophene rings is 1. The smallest absolute Gasteiger partial charge is 0.340 e. The van der Waals surface area contributed by atoms with Crippen molar-refractivity contribution in [2.45, 2.75) is 0 Å². The van der Waals surface area contributed by atoms with Crippen LogP contribution in [0.25, 0.3) is 10.8 Å². The van der Waals surface area contributed by atoms with E-state index in [1.165, 1.54) is 16.2 Å². The standard InChI is InChI=1S/C25H19NO4S/c1-26(24(28)23-11-6-14-31-23)21-10-5-4-9-20(21)25(29)30-16-22(27)19-13-12-17-7-2-3-8-18(17)15-19/h2-15H,16H2,1H3. The molecule has 154 valence electrons. The van der Waals surface area contributed by atoms with Crippen molar-refractivity contribution in [1.29, 1.82) is 0 Å². The molecule has 0 spiro atoms. The predicted molar refractivity (Wildman–Crippen MR) is 122 cm³/mol. The van der Waals surface area contributed by atoms with Crippen molar-refractivity contribution in [2.24, 2.45) is 0 Å². The van der Waals surface area contributed by atoms with Crippen LogP contribution in [0, 0.1) is 0 Å². The van der Waals surface area contributed by atoms with E-state index >= 15 is 0 Å². The summed E-state index contributed by atoms with van der Waals surface area (Å²) in [6, 6.07) is 23.3. The van der Waals surface area contributed by atoms with E-state index in [-0.39, 0.29) is 23.9 Å². The second-order valence-electron chi connectivity index (χ2n) is 6.92. The summed E-state index contributed by atoms with van der Waals surface area (Å²) in [6.45, 7) is -0.381. The Hall–Kier alpha value is -3.77. The SMILES string of the molecule is CN(C(=O)c1cccs1)c1ccccc1C(=O)OCC(=O)c1ccc2ccccc2c1. The van der Waals surface area contributed by atoms with Gasteiger partial charge in [-0.1, -0.05) is 54.6 Å². The van der Waals surface area contributed by atoms with E-state index in [0.29, 0.717) is 16.1 Å². The predicted octanol–water partition coefficient (Wildman–Crippen LogP) is 5.22. The van der Waals surface area contributed by atoms with Crippen molar-refractivity contribution >= 4 is 45.5 Å². The van der Waals surface area contributed by atoms with E-state index in [1.807, 2.05) is 35.7 Å². The van der Waals surface area contributed by atoms with Gasteiger partial charge in [0.2, 0.25) is 0 Å². The molecular formula is C25H19NO4S. The topological polar surface area (TPSA) is 63.7 Å². The van der Waals surface area contributed by atoms with E-state index in [0.717, 1.165) is 10.8 Å². The highest BCUT2D eigenvalue weighted by molar-refractivity contribution is 7.12. The Labute approximate surface area is 183 Å². The molecule has 31 heavy (non-hydrogen) atoms. The van der Waals surface area contributed by atoms with Gasteiger partial charge in [-0.3, -0.25) is 9.59 Å². The number of ketones is 1. The summed E-state index contributed by atoms with van der Waals surface area (Å²) >= 11 is 1.33. The Morgan fingerprint density at radius 3 is 2.39 bits per heavy atom. The molecule has 1 amide bonds. The van der Waals surface area contributed by atoms with Crippen LogP contribution in [0.4, 0.5) is 5.69 Å². The monoisotopic (exact) mass is 429 g/mol. The summed E-state index contributed by atoms with van der Waals surface area (Å²) < 4.78 is 5.29. The number of fused-ring (bicyclic) bond motifs is 1. The van der Waals surface area contributed by atoms with Crippen molar-refractivity contribution in [3.8, 4) is 0 Å². The third-order valence-corrected chi connectivity index (χ3v) is 5.79. The molecule has 5 nitrogen and oxygen atoms in total. The maximum atomic E-state index is 12.7. The van der Waals surface area contributed by atoms with Gasteiger partial charge >= 0.3 is 5.97 Å². The molecule has 1 heterocycles. The fourth-order valence-corrected chi connectivity index (χ4v) is 3.97. The second-order valence-corrected chi connectivity index (χ2v) is 7.87. The fourth-order valence-electron chi connectivity index (χ4n) is 3.27. The van der Waals surface area contributed by atoms with E-state index < -0.39 is 5.97 Å². The number of amides is 1. The second kappa shape index (κ2) is 8.93. The van der Waals surface area contributed by atoms with Gasteiger partial charge in [0.25, 0.3) is 5.91 Å². The molecule has 0 radical (unpaired) electrons. The molecule has 0 unspecified atom stereocenters. The maximum absolute atomic E-state index is 12.7. The van der Waals surface area contributed by atoms with Gasteiger partial charge in [-0.05, 0) is 40.4 Å². The zero-order chi connectivity index (χ0) is 21.8. The van der Waals surface area contributed by atoms with Crippen LogP contribution in [0.1, 0.15) is 30.4 Å². The summed E-state index contributed by atoms with van der Waals surface area (Å²) in [5.74, 6) is -1.17. The number of rotatable bonds is 6. The number of benzene rings is 3. The summed E-state index contributed by atoms with van der Waals surface area (Å²) in [5, 5.41) is 3.79. The summed E-state index contributed by atoms with van der Waals surface area (Å²) in [4.78, 5) is 39.9. The number of nitrogens with zero attached hydrogens (tertiary/aromatic N) is 1. The molecule has 1 aromatic heterocycles. The molecule has 6 heteroatoms. The maximum Gasteiger partial charge on any atom is 0.340 e. The number of esters is 1. The number of Topliss-reactive ketones (excluding diaryl/α,β-unsaturated/α-hetero) is 1. The molecule has 0 saturated carbocycles. The van der Waals surface area contributed by atoms with Gasteiger partial charge in [0.15, 0.2) is 12.4 Å². The lowest BCUT2D eigenvalue weighted by molar-refractivity contribution is 0.0475. The van der Waals surface area contributed by atoms with Crippen molar-refractivity contribution in [1.82, 2.24) is 0 Å². The number of anilines is 1. The molecule has 4 aromatic rings. The Balaban J connectivity index is 1.48. The van der Waals surface area contributed by atoms with Crippen LogP contribution in [0.5, 0.6) is 0 Å². The molecule has 0 fully saturated rings. The average Bonchev–Trinajstić information content (AvgIpc) is 3.36. The molecule has 0 N–H and O–H groups in total. The Morgan fingerprint density at radius 2 is 1.61 bits per heavy atom. The Kier molecular flexibility index (Phi) is 5.91. The Morgan fingerprint density at radius 1 is 0.871 bits per heavy atom. The molecule has 4 rings (SSSR count). The molecule has 0 saturated heterocycles. The minimum Gasteiger partial charge on any atom is -0.454 e. The third-order valence-electron chi connectivity index (χ3n) is 4.93. The van der Waals surface area contributed by atoms with Gasteiger partial charge in [0.1, 0.15) is 0 Å².